The van der Waals surface area contributed by atoms with Crippen LogP contribution in [-0.2, 0) is 31.7 Å². The molecule has 14 heteroatoms. The van der Waals surface area contributed by atoms with Crippen molar-refractivity contribution in [3.63, 3.8) is 0 Å². The first-order chi connectivity index (χ1) is 17.3. The summed E-state index contributed by atoms with van der Waals surface area (Å²) in [6.45, 7) is 5.28. The molecule has 0 aliphatic carbocycles. The summed E-state index contributed by atoms with van der Waals surface area (Å²) in [5, 5.41) is 9.70. The first kappa shape index (κ1) is 28.3. The zero-order chi connectivity index (χ0) is 27.4. The molecule has 1 amide bonds. The van der Waals surface area contributed by atoms with Crippen LogP contribution in [0.3, 0.4) is 0 Å². The number of hydrogen-bond acceptors (Lipinski definition) is 8. The number of nitrogens with zero attached hydrogens (tertiary/aromatic N) is 4. The highest BCUT2D eigenvalue weighted by Gasteiger charge is 2.48. The summed E-state index contributed by atoms with van der Waals surface area (Å²) in [6.07, 6.45) is -0.508. The number of carbonyl (C=O) groups is 2. The lowest BCUT2D eigenvalue weighted by Crippen LogP contribution is -2.35. The second-order valence-electron chi connectivity index (χ2n) is 9.27. The van der Waals surface area contributed by atoms with Crippen LogP contribution in [-0.4, -0.2) is 69.8 Å². The van der Waals surface area contributed by atoms with E-state index in [2.05, 4.69) is 34.1 Å². The third kappa shape index (κ3) is 7.37. The molecule has 2 aromatic rings. The van der Waals surface area contributed by atoms with Gasteiger partial charge in [0, 0.05) is 43.4 Å². The van der Waals surface area contributed by atoms with E-state index in [0.717, 1.165) is 17.8 Å². The largest absolute Gasteiger partial charge is 0.490 e. The minimum atomic E-state index is -5.08. The quantitative estimate of drug-likeness (QED) is 0.562. The lowest BCUT2D eigenvalue weighted by molar-refractivity contribution is -0.192. The third-order valence-corrected chi connectivity index (χ3v) is 8.13. The van der Waals surface area contributed by atoms with Crippen molar-refractivity contribution in [2.75, 3.05) is 18.4 Å². The molecular formula is C23H28F3N5O5S. The normalized spacial score (nSPS) is 19.9. The van der Waals surface area contributed by atoms with Crippen molar-refractivity contribution in [3.8, 4) is 0 Å². The molecule has 0 bridgehead atoms. The van der Waals surface area contributed by atoms with Gasteiger partial charge in [0.05, 0.1) is 28.9 Å². The Morgan fingerprint density at radius 2 is 1.92 bits per heavy atom. The number of alkyl halides is 3. The number of carboxylic acids is 1. The molecule has 202 valence electrons. The Morgan fingerprint density at radius 3 is 2.51 bits per heavy atom. The van der Waals surface area contributed by atoms with Crippen LogP contribution in [0, 0.1) is 5.92 Å². The maximum absolute atomic E-state index is 12.8. The van der Waals surface area contributed by atoms with Crippen LogP contribution >= 0.6 is 0 Å². The SMILES string of the molecule is CC(C)CCC(=O)N1C[C@@H]2c3nc(NCc4ccccn4)ncc3CS(=O)(=O)[C@@H]2C1.O=C(O)C(F)(F)F. The van der Waals surface area contributed by atoms with E-state index in [9.17, 15) is 26.4 Å². The van der Waals surface area contributed by atoms with E-state index in [1.54, 1.807) is 17.3 Å². The minimum absolute atomic E-state index is 0.0254. The van der Waals surface area contributed by atoms with Gasteiger partial charge in [-0.2, -0.15) is 13.2 Å². The second-order valence-corrected chi connectivity index (χ2v) is 11.5. The van der Waals surface area contributed by atoms with Crippen LogP contribution in [0.5, 0.6) is 0 Å². The molecule has 37 heavy (non-hydrogen) atoms. The number of anilines is 1. The molecule has 2 aliphatic rings. The molecule has 10 nitrogen and oxygen atoms in total. The maximum atomic E-state index is 12.8. The Kier molecular flexibility index (Phi) is 8.72. The molecule has 0 aromatic carbocycles. The van der Waals surface area contributed by atoms with E-state index in [0.29, 0.717) is 36.9 Å². The summed E-state index contributed by atoms with van der Waals surface area (Å²) in [5.74, 6) is -2.23. The molecule has 4 heterocycles. The molecule has 2 aromatic heterocycles. The fourth-order valence-corrected chi connectivity index (χ4v) is 6.10. The van der Waals surface area contributed by atoms with Gasteiger partial charge in [0.1, 0.15) is 0 Å². The molecule has 1 saturated heterocycles. The number of nitrogens with one attached hydrogen (secondary N) is 1. The van der Waals surface area contributed by atoms with Gasteiger partial charge < -0.3 is 15.3 Å². The summed E-state index contributed by atoms with van der Waals surface area (Å²) >= 11 is 0. The Bertz CT molecular complexity index is 1230. The molecule has 2 aliphatic heterocycles. The van der Waals surface area contributed by atoms with Crippen molar-refractivity contribution in [2.24, 2.45) is 5.92 Å². The topological polar surface area (TPSA) is 142 Å². The highest BCUT2D eigenvalue weighted by molar-refractivity contribution is 7.91. The monoisotopic (exact) mass is 543 g/mol. The van der Waals surface area contributed by atoms with Crippen LogP contribution in [0.4, 0.5) is 19.1 Å². The fraction of sp³-hybridized carbons (Fsp3) is 0.522. The number of amides is 1. The summed E-state index contributed by atoms with van der Waals surface area (Å²) in [6, 6.07) is 5.68. The standard InChI is InChI=1S/C21H27N5O3S.C2HF3O2/c1-14(2)6-7-19(27)26-11-17-18(12-26)30(28,29)13-15-9-23-21(25-20(15)17)24-10-16-5-3-4-8-22-16;3-2(4,5)1(6)7/h3-5,8-9,14,17-18H,6-7,10-13H2,1-2H3,(H,23,24,25);(H,6,7)/t17-,18+;/m0./s1. The van der Waals surface area contributed by atoms with E-state index in [1.807, 2.05) is 18.2 Å². The van der Waals surface area contributed by atoms with Crippen molar-refractivity contribution >= 4 is 27.7 Å². The van der Waals surface area contributed by atoms with Gasteiger partial charge >= 0.3 is 12.1 Å². The number of aromatic nitrogens is 3. The van der Waals surface area contributed by atoms with Gasteiger partial charge in [0.15, 0.2) is 9.84 Å². The highest BCUT2D eigenvalue weighted by Crippen LogP contribution is 2.39. The van der Waals surface area contributed by atoms with Crippen molar-refractivity contribution in [1.29, 1.82) is 0 Å². The average Bonchev–Trinajstić information content (AvgIpc) is 3.29. The van der Waals surface area contributed by atoms with E-state index < -0.39 is 27.2 Å². The highest BCUT2D eigenvalue weighted by atomic mass is 32.2. The van der Waals surface area contributed by atoms with Crippen LogP contribution in [0.1, 0.15) is 49.6 Å². The number of pyridine rings is 1. The van der Waals surface area contributed by atoms with Crippen LogP contribution in [0.25, 0.3) is 0 Å². The molecule has 2 atom stereocenters. The van der Waals surface area contributed by atoms with Gasteiger partial charge in [-0.25, -0.2) is 23.2 Å². The lowest BCUT2D eigenvalue weighted by atomic mass is 10.00. The van der Waals surface area contributed by atoms with Crippen molar-refractivity contribution in [1.82, 2.24) is 19.9 Å². The zero-order valence-electron chi connectivity index (χ0n) is 20.3. The molecule has 1 fully saturated rings. The molecule has 0 unspecified atom stereocenters. The van der Waals surface area contributed by atoms with E-state index in [-0.39, 0.29) is 24.1 Å². The van der Waals surface area contributed by atoms with Gasteiger partial charge in [-0.05, 0) is 24.5 Å². The van der Waals surface area contributed by atoms with E-state index in [4.69, 9.17) is 9.90 Å². The molecule has 2 N–H and O–H groups in total. The van der Waals surface area contributed by atoms with Gasteiger partial charge in [-0.15, -0.1) is 0 Å². The fourth-order valence-electron chi connectivity index (χ4n) is 4.11. The molecular weight excluding hydrogens is 515 g/mol. The Hall–Kier alpha value is -3.29. The number of hydrogen-bond donors (Lipinski definition) is 2. The average molecular weight is 544 g/mol. The lowest BCUT2D eigenvalue weighted by Gasteiger charge is -2.26. The Morgan fingerprint density at radius 1 is 1.22 bits per heavy atom. The Labute approximate surface area is 212 Å². The number of aliphatic carboxylic acids is 1. The smallest absolute Gasteiger partial charge is 0.475 e. The summed E-state index contributed by atoms with van der Waals surface area (Å²) < 4.78 is 57.4. The first-order valence-corrected chi connectivity index (χ1v) is 13.3. The summed E-state index contributed by atoms with van der Waals surface area (Å²) in [5.41, 5.74) is 2.24. The minimum Gasteiger partial charge on any atom is -0.475 e. The van der Waals surface area contributed by atoms with E-state index >= 15 is 0 Å². The molecule has 0 saturated carbocycles. The van der Waals surface area contributed by atoms with Gasteiger partial charge in [0.25, 0.3) is 0 Å². The predicted octanol–water partition coefficient (Wildman–Crippen LogP) is 2.78. The van der Waals surface area contributed by atoms with Crippen LogP contribution < -0.4 is 5.32 Å². The number of sulfone groups is 1. The molecule has 0 spiro atoms. The van der Waals surface area contributed by atoms with Crippen LogP contribution in [0.15, 0.2) is 30.6 Å². The molecule has 4 rings (SSSR count). The first-order valence-electron chi connectivity index (χ1n) is 11.6. The number of fused-ring (bicyclic) bond motifs is 3. The molecule has 0 radical (unpaired) electrons. The van der Waals surface area contributed by atoms with E-state index in [1.165, 1.54) is 0 Å². The third-order valence-electron chi connectivity index (χ3n) is 6.02. The number of rotatable bonds is 6. The van der Waals surface area contributed by atoms with Gasteiger partial charge in [-0.1, -0.05) is 19.9 Å². The van der Waals surface area contributed by atoms with Crippen molar-refractivity contribution in [2.45, 2.75) is 56.3 Å². The maximum Gasteiger partial charge on any atom is 0.490 e. The Balaban J connectivity index is 0.000000479. The second kappa shape index (κ2) is 11.4. The summed E-state index contributed by atoms with van der Waals surface area (Å²) in [7, 11) is -3.34. The zero-order valence-corrected chi connectivity index (χ0v) is 21.1. The number of carboxylic acid groups (broad SMARTS) is 1. The number of likely N-dealkylation sites (tertiary alicyclic amines) is 1. The number of carbonyl (C=O) groups excluding carboxylic acids is 1. The predicted molar refractivity (Wildman–Crippen MR) is 127 cm³/mol. The van der Waals surface area contributed by atoms with Crippen molar-refractivity contribution in [3.05, 3.63) is 47.5 Å². The van der Waals surface area contributed by atoms with Crippen LogP contribution in [0.2, 0.25) is 0 Å². The summed E-state index contributed by atoms with van der Waals surface area (Å²) in [4.78, 5) is 36.4. The van der Waals surface area contributed by atoms with Crippen molar-refractivity contribution < 1.29 is 36.3 Å². The number of halogens is 3. The van der Waals surface area contributed by atoms with Gasteiger partial charge in [-0.3, -0.25) is 9.78 Å². The van der Waals surface area contributed by atoms with Gasteiger partial charge in [0.2, 0.25) is 11.9 Å².